The third-order valence-electron chi connectivity index (χ3n) is 3.39. The van der Waals surface area contributed by atoms with Crippen LogP contribution in [0, 0.1) is 0 Å². The van der Waals surface area contributed by atoms with Crippen molar-refractivity contribution in [1.82, 2.24) is 20.2 Å². The van der Waals surface area contributed by atoms with Crippen LogP contribution in [0.1, 0.15) is 25.7 Å². The Morgan fingerprint density at radius 3 is 2.39 bits per heavy atom. The number of rotatable bonds is 4. The van der Waals surface area contributed by atoms with E-state index < -0.39 is 0 Å². The van der Waals surface area contributed by atoms with Gasteiger partial charge in [-0.05, 0) is 0 Å². The molecule has 2 heterocycles. The molecule has 0 atom stereocenters. The Hall–Kier alpha value is -2.76. The summed E-state index contributed by atoms with van der Waals surface area (Å²) < 4.78 is 5.74. The number of benzene rings is 1. The summed E-state index contributed by atoms with van der Waals surface area (Å²) >= 11 is 0. The van der Waals surface area contributed by atoms with E-state index in [0.29, 0.717) is 17.6 Å². The maximum Gasteiger partial charge on any atom is 0.253 e. The molecule has 3 aromatic rings. The van der Waals surface area contributed by atoms with Gasteiger partial charge in [0.05, 0.1) is 5.56 Å². The van der Waals surface area contributed by atoms with Crippen LogP contribution in [0.5, 0.6) is 0 Å². The van der Waals surface area contributed by atoms with Gasteiger partial charge in [-0.2, -0.15) is 0 Å². The highest BCUT2D eigenvalue weighted by Gasteiger charge is 2.18. The predicted molar refractivity (Wildman–Crippen MR) is 89.2 cm³/mol. The summed E-state index contributed by atoms with van der Waals surface area (Å²) in [5.41, 5.74) is 1.70. The molecule has 0 amide bonds. The largest absolute Gasteiger partial charge is 0.420 e. The number of aromatic nitrogens is 4. The Balaban J connectivity index is 2.07. The van der Waals surface area contributed by atoms with Crippen molar-refractivity contribution in [1.29, 1.82) is 0 Å². The van der Waals surface area contributed by atoms with Crippen molar-refractivity contribution >= 4 is 5.82 Å². The van der Waals surface area contributed by atoms with E-state index in [-0.39, 0.29) is 5.92 Å². The number of hydrogen-bond acceptors (Lipinski definition) is 6. The second-order valence-corrected chi connectivity index (χ2v) is 5.79. The minimum Gasteiger partial charge on any atom is -0.420 e. The SMILES string of the molecule is CC(C)c1nnc(-c2cnc(-c3ccccc3)nc2N(C)C)o1. The summed E-state index contributed by atoms with van der Waals surface area (Å²) in [5, 5.41) is 8.21. The fourth-order valence-corrected chi connectivity index (χ4v) is 2.17. The highest BCUT2D eigenvalue weighted by Crippen LogP contribution is 2.29. The molecule has 118 valence electrons. The molecule has 3 rings (SSSR count). The molecular weight excluding hydrogens is 290 g/mol. The molecule has 0 fully saturated rings. The summed E-state index contributed by atoms with van der Waals surface area (Å²) in [6, 6.07) is 9.87. The van der Waals surface area contributed by atoms with E-state index >= 15 is 0 Å². The van der Waals surface area contributed by atoms with Crippen LogP contribution in [0.3, 0.4) is 0 Å². The van der Waals surface area contributed by atoms with Crippen LogP contribution in [0.2, 0.25) is 0 Å². The summed E-state index contributed by atoms with van der Waals surface area (Å²) in [4.78, 5) is 11.0. The van der Waals surface area contributed by atoms with Crippen LogP contribution in [-0.2, 0) is 0 Å². The van der Waals surface area contributed by atoms with Gasteiger partial charge in [0, 0.05) is 31.8 Å². The van der Waals surface area contributed by atoms with E-state index in [0.717, 1.165) is 16.9 Å². The molecule has 2 aromatic heterocycles. The average Bonchev–Trinajstić information content (AvgIpc) is 3.05. The highest BCUT2D eigenvalue weighted by molar-refractivity contribution is 5.71. The third kappa shape index (κ3) is 3.06. The lowest BCUT2D eigenvalue weighted by molar-refractivity contribution is 0.480. The minimum absolute atomic E-state index is 0.184. The molecule has 0 unspecified atom stereocenters. The van der Waals surface area contributed by atoms with Gasteiger partial charge >= 0.3 is 0 Å². The van der Waals surface area contributed by atoms with Gasteiger partial charge in [0.2, 0.25) is 5.89 Å². The standard InChI is InChI=1S/C17H19N5O/c1-11(2)16-20-21-17(23-16)13-10-18-14(19-15(13)22(3)4)12-8-6-5-7-9-12/h5-11H,1-4H3. The molecule has 0 bridgehead atoms. The monoisotopic (exact) mass is 309 g/mol. The second-order valence-electron chi connectivity index (χ2n) is 5.79. The van der Waals surface area contributed by atoms with Crippen molar-refractivity contribution in [2.75, 3.05) is 19.0 Å². The minimum atomic E-state index is 0.184. The summed E-state index contributed by atoms with van der Waals surface area (Å²) in [5.74, 6) is 2.65. The van der Waals surface area contributed by atoms with Gasteiger partial charge in [0.1, 0.15) is 5.82 Å². The third-order valence-corrected chi connectivity index (χ3v) is 3.39. The zero-order valence-corrected chi connectivity index (χ0v) is 13.7. The van der Waals surface area contributed by atoms with Gasteiger partial charge in [-0.15, -0.1) is 10.2 Å². The Labute approximate surface area is 135 Å². The van der Waals surface area contributed by atoms with Gasteiger partial charge in [0.25, 0.3) is 5.89 Å². The van der Waals surface area contributed by atoms with Gasteiger partial charge in [0.15, 0.2) is 5.82 Å². The summed E-state index contributed by atoms with van der Waals surface area (Å²) in [6.07, 6.45) is 1.74. The number of nitrogens with zero attached hydrogens (tertiary/aromatic N) is 5. The van der Waals surface area contributed by atoms with Crippen molar-refractivity contribution in [3.63, 3.8) is 0 Å². The van der Waals surface area contributed by atoms with Crippen LogP contribution >= 0.6 is 0 Å². The van der Waals surface area contributed by atoms with Crippen molar-refractivity contribution < 1.29 is 4.42 Å². The first-order chi connectivity index (χ1) is 11.1. The van der Waals surface area contributed by atoms with E-state index in [1.54, 1.807) is 6.20 Å². The first-order valence-electron chi connectivity index (χ1n) is 7.50. The summed E-state index contributed by atoms with van der Waals surface area (Å²) in [6.45, 7) is 4.03. The number of anilines is 1. The molecule has 0 saturated heterocycles. The van der Waals surface area contributed by atoms with Crippen LogP contribution in [0.15, 0.2) is 40.9 Å². The fraction of sp³-hybridized carbons (Fsp3) is 0.294. The molecule has 1 aromatic carbocycles. The first-order valence-corrected chi connectivity index (χ1v) is 7.50. The molecule has 0 spiro atoms. The maximum atomic E-state index is 5.74. The van der Waals surface area contributed by atoms with Crippen molar-refractivity contribution in [2.24, 2.45) is 0 Å². The second kappa shape index (κ2) is 6.16. The summed E-state index contributed by atoms with van der Waals surface area (Å²) in [7, 11) is 3.86. The lowest BCUT2D eigenvalue weighted by atomic mass is 10.2. The molecule has 23 heavy (non-hydrogen) atoms. The molecule has 0 aliphatic carbocycles. The highest BCUT2D eigenvalue weighted by atomic mass is 16.4. The topological polar surface area (TPSA) is 67.9 Å². The molecule has 0 aliphatic heterocycles. The number of hydrogen-bond donors (Lipinski definition) is 0. The van der Waals surface area contributed by atoms with E-state index in [9.17, 15) is 0 Å². The van der Waals surface area contributed by atoms with E-state index in [1.165, 1.54) is 0 Å². The van der Waals surface area contributed by atoms with Crippen molar-refractivity contribution in [2.45, 2.75) is 19.8 Å². The predicted octanol–water partition coefficient (Wildman–Crippen LogP) is 3.38. The fourth-order valence-electron chi connectivity index (χ4n) is 2.17. The quantitative estimate of drug-likeness (QED) is 0.736. The first kappa shape index (κ1) is 15.1. The van der Waals surface area contributed by atoms with Crippen LogP contribution < -0.4 is 4.90 Å². The Bertz CT molecular complexity index is 796. The van der Waals surface area contributed by atoms with Crippen LogP contribution in [0.4, 0.5) is 5.82 Å². The van der Waals surface area contributed by atoms with Crippen LogP contribution in [-0.4, -0.2) is 34.3 Å². The van der Waals surface area contributed by atoms with E-state index in [4.69, 9.17) is 4.42 Å². The molecular formula is C17H19N5O. The van der Waals surface area contributed by atoms with Crippen molar-refractivity contribution in [3.8, 4) is 22.8 Å². The Kier molecular flexibility index (Phi) is 4.06. The average molecular weight is 309 g/mol. The molecule has 6 nitrogen and oxygen atoms in total. The maximum absolute atomic E-state index is 5.74. The molecule has 0 radical (unpaired) electrons. The molecule has 0 N–H and O–H groups in total. The zero-order chi connectivity index (χ0) is 16.4. The molecule has 0 aliphatic rings. The van der Waals surface area contributed by atoms with Gasteiger partial charge in [-0.3, -0.25) is 0 Å². The van der Waals surface area contributed by atoms with E-state index in [2.05, 4.69) is 20.2 Å². The smallest absolute Gasteiger partial charge is 0.253 e. The lowest BCUT2D eigenvalue weighted by Crippen LogP contribution is -2.13. The van der Waals surface area contributed by atoms with Crippen LogP contribution in [0.25, 0.3) is 22.8 Å². The Morgan fingerprint density at radius 1 is 1.04 bits per heavy atom. The zero-order valence-electron chi connectivity index (χ0n) is 13.7. The lowest BCUT2D eigenvalue weighted by Gasteiger charge is -2.15. The normalized spacial score (nSPS) is 11.0. The van der Waals surface area contributed by atoms with E-state index in [1.807, 2.05) is 63.2 Å². The van der Waals surface area contributed by atoms with Gasteiger partial charge in [-0.25, -0.2) is 9.97 Å². The van der Waals surface area contributed by atoms with Gasteiger partial charge in [-0.1, -0.05) is 44.2 Å². The van der Waals surface area contributed by atoms with Gasteiger partial charge < -0.3 is 9.32 Å². The van der Waals surface area contributed by atoms with Crippen molar-refractivity contribution in [3.05, 3.63) is 42.4 Å². The molecule has 6 heteroatoms. The Morgan fingerprint density at radius 2 is 1.78 bits per heavy atom. The molecule has 0 saturated carbocycles.